The van der Waals surface area contributed by atoms with Crippen LogP contribution in [0.4, 0.5) is 0 Å². The number of ether oxygens (including phenoxy) is 2. The van der Waals surface area contributed by atoms with E-state index in [0.29, 0.717) is 44.8 Å². The minimum atomic E-state index is 0.368. The predicted molar refractivity (Wildman–Crippen MR) is 116 cm³/mol. The van der Waals surface area contributed by atoms with Crippen LogP contribution in [0.15, 0.2) is 39.9 Å². The molecule has 1 heterocycles. The van der Waals surface area contributed by atoms with Crippen molar-refractivity contribution in [2.75, 3.05) is 39.5 Å². The molecule has 1 aromatic carbocycles. The third kappa shape index (κ3) is 9.11. The van der Waals surface area contributed by atoms with Gasteiger partial charge in [0.1, 0.15) is 6.54 Å². The Hall–Kier alpha value is -2.38. The lowest BCUT2D eigenvalue weighted by molar-refractivity contribution is 0.0487. The fraction of sp³-hybridized carbons (Fsp3) is 0.545. The number of nitrogens with zero attached hydrogens (tertiary/aromatic N) is 2. The van der Waals surface area contributed by atoms with Crippen molar-refractivity contribution in [1.82, 2.24) is 15.6 Å². The molecule has 0 saturated carbocycles. The number of unbranched alkanes of at least 4 members (excludes halogenated alkanes) is 1. The average molecular weight is 403 g/mol. The zero-order chi connectivity index (χ0) is 20.7. The molecule has 160 valence electrons. The summed E-state index contributed by atoms with van der Waals surface area (Å²) in [4.78, 5) is 8.86. The van der Waals surface area contributed by atoms with Gasteiger partial charge in [-0.2, -0.15) is 0 Å². The summed E-state index contributed by atoms with van der Waals surface area (Å²) in [6.07, 6.45) is 3.99. The Morgan fingerprint density at radius 3 is 2.52 bits per heavy atom. The summed E-state index contributed by atoms with van der Waals surface area (Å²) in [6.45, 7) is 10.7. The summed E-state index contributed by atoms with van der Waals surface area (Å²) >= 11 is 0. The Morgan fingerprint density at radius 2 is 1.79 bits per heavy atom. The molecular weight excluding hydrogens is 368 g/mol. The van der Waals surface area contributed by atoms with Crippen LogP contribution in [0, 0.1) is 6.92 Å². The molecule has 7 nitrogen and oxygen atoms in total. The summed E-state index contributed by atoms with van der Waals surface area (Å²) < 4.78 is 16.9. The van der Waals surface area contributed by atoms with Gasteiger partial charge >= 0.3 is 0 Å². The van der Waals surface area contributed by atoms with Crippen LogP contribution in [0.1, 0.15) is 38.1 Å². The number of nitrogens with one attached hydrogen (secondary N) is 2. The van der Waals surface area contributed by atoms with Crippen LogP contribution in [-0.4, -0.2) is 50.5 Å². The minimum absolute atomic E-state index is 0.368. The number of oxazole rings is 1. The number of guanidine groups is 1. The molecule has 0 radical (unpaired) electrons. The second-order valence-electron chi connectivity index (χ2n) is 6.68. The largest absolute Gasteiger partial charge is 0.439 e. The standard InChI is InChI=1S/C22H34N4O3/c1-4-6-12-27-14-15-28-13-11-24-22(23-5-2)26-17-21-25-16-20(29-21)19-9-7-18(3)8-10-19/h7-10,16H,4-6,11-15,17H2,1-3H3,(H2,23,24,26). The molecule has 0 atom stereocenters. The maximum atomic E-state index is 5.82. The fourth-order valence-electron chi connectivity index (χ4n) is 2.53. The van der Waals surface area contributed by atoms with Crippen LogP contribution < -0.4 is 10.6 Å². The zero-order valence-corrected chi connectivity index (χ0v) is 17.9. The van der Waals surface area contributed by atoms with Crippen molar-refractivity contribution in [3.63, 3.8) is 0 Å². The highest BCUT2D eigenvalue weighted by molar-refractivity contribution is 5.79. The second-order valence-corrected chi connectivity index (χ2v) is 6.68. The Labute approximate surface area is 173 Å². The van der Waals surface area contributed by atoms with Gasteiger partial charge in [0.25, 0.3) is 0 Å². The van der Waals surface area contributed by atoms with Gasteiger partial charge in [0.05, 0.1) is 26.0 Å². The number of aromatic nitrogens is 1. The molecule has 7 heteroatoms. The summed E-state index contributed by atoms with van der Waals surface area (Å²) in [7, 11) is 0. The highest BCUT2D eigenvalue weighted by Crippen LogP contribution is 2.20. The highest BCUT2D eigenvalue weighted by Gasteiger charge is 2.06. The van der Waals surface area contributed by atoms with Gasteiger partial charge in [0, 0.05) is 25.3 Å². The Kier molecular flexibility index (Phi) is 10.9. The van der Waals surface area contributed by atoms with Crippen molar-refractivity contribution in [1.29, 1.82) is 0 Å². The molecule has 0 unspecified atom stereocenters. The quantitative estimate of drug-likeness (QED) is 0.303. The molecule has 29 heavy (non-hydrogen) atoms. The first-order chi connectivity index (χ1) is 14.2. The van der Waals surface area contributed by atoms with E-state index in [-0.39, 0.29) is 0 Å². The Morgan fingerprint density at radius 1 is 1.03 bits per heavy atom. The molecule has 0 saturated heterocycles. The molecule has 0 bridgehead atoms. The second kappa shape index (κ2) is 13.7. The molecule has 2 aromatic rings. The summed E-state index contributed by atoms with van der Waals surface area (Å²) in [5.74, 6) is 2.05. The third-order valence-electron chi connectivity index (χ3n) is 4.16. The van der Waals surface area contributed by atoms with E-state index >= 15 is 0 Å². The monoisotopic (exact) mass is 402 g/mol. The zero-order valence-electron chi connectivity index (χ0n) is 17.9. The van der Waals surface area contributed by atoms with Gasteiger partial charge in [-0.3, -0.25) is 0 Å². The number of hydrogen-bond acceptors (Lipinski definition) is 5. The SMILES string of the molecule is CCCCOCCOCCNC(=NCc1ncc(-c2ccc(C)cc2)o1)NCC. The molecule has 0 amide bonds. The van der Waals surface area contributed by atoms with Crippen molar-refractivity contribution in [3.8, 4) is 11.3 Å². The third-order valence-corrected chi connectivity index (χ3v) is 4.16. The first-order valence-corrected chi connectivity index (χ1v) is 10.4. The lowest BCUT2D eigenvalue weighted by atomic mass is 10.1. The summed E-state index contributed by atoms with van der Waals surface area (Å²) in [5.41, 5.74) is 2.23. The summed E-state index contributed by atoms with van der Waals surface area (Å²) in [6, 6.07) is 8.18. The normalized spacial score (nSPS) is 11.6. The van der Waals surface area contributed by atoms with Crippen molar-refractivity contribution in [2.24, 2.45) is 4.99 Å². The van der Waals surface area contributed by atoms with Crippen molar-refractivity contribution in [3.05, 3.63) is 41.9 Å². The average Bonchev–Trinajstić information content (AvgIpc) is 3.20. The topological polar surface area (TPSA) is 80.9 Å². The maximum absolute atomic E-state index is 5.82. The molecule has 0 fully saturated rings. The molecule has 2 N–H and O–H groups in total. The van der Waals surface area contributed by atoms with E-state index < -0.39 is 0 Å². The van der Waals surface area contributed by atoms with Gasteiger partial charge in [0.15, 0.2) is 11.7 Å². The minimum Gasteiger partial charge on any atom is -0.439 e. The van der Waals surface area contributed by atoms with Gasteiger partial charge in [0.2, 0.25) is 5.89 Å². The van der Waals surface area contributed by atoms with Gasteiger partial charge in [-0.05, 0) is 20.3 Å². The van der Waals surface area contributed by atoms with Crippen molar-refractivity contribution >= 4 is 5.96 Å². The van der Waals surface area contributed by atoms with Crippen LogP contribution in [-0.2, 0) is 16.0 Å². The van der Waals surface area contributed by atoms with Gasteiger partial charge < -0.3 is 24.5 Å². The first-order valence-electron chi connectivity index (χ1n) is 10.4. The van der Waals surface area contributed by atoms with E-state index in [1.165, 1.54) is 5.56 Å². The smallest absolute Gasteiger partial charge is 0.216 e. The van der Waals surface area contributed by atoms with Crippen LogP contribution in [0.5, 0.6) is 0 Å². The predicted octanol–water partition coefficient (Wildman–Crippen LogP) is 3.54. The number of rotatable bonds is 13. The molecule has 0 aliphatic rings. The van der Waals surface area contributed by atoms with Crippen molar-refractivity contribution < 1.29 is 13.9 Å². The van der Waals surface area contributed by atoms with Crippen LogP contribution in [0.25, 0.3) is 11.3 Å². The van der Waals surface area contributed by atoms with Crippen LogP contribution >= 0.6 is 0 Å². The number of aliphatic imine (C=N–C) groups is 1. The van der Waals surface area contributed by atoms with Crippen LogP contribution in [0.2, 0.25) is 0 Å². The van der Waals surface area contributed by atoms with E-state index in [1.807, 2.05) is 19.1 Å². The van der Waals surface area contributed by atoms with Gasteiger partial charge in [-0.25, -0.2) is 9.98 Å². The van der Waals surface area contributed by atoms with E-state index in [1.54, 1.807) is 6.20 Å². The fourth-order valence-corrected chi connectivity index (χ4v) is 2.53. The van der Waals surface area contributed by atoms with Crippen LogP contribution in [0.3, 0.4) is 0 Å². The Bertz CT molecular complexity index is 713. The molecule has 0 spiro atoms. The lowest BCUT2D eigenvalue weighted by Crippen LogP contribution is -2.39. The lowest BCUT2D eigenvalue weighted by Gasteiger charge is -2.11. The number of hydrogen-bond donors (Lipinski definition) is 2. The summed E-state index contributed by atoms with van der Waals surface area (Å²) in [5, 5.41) is 6.46. The maximum Gasteiger partial charge on any atom is 0.216 e. The molecule has 1 aromatic heterocycles. The van der Waals surface area contributed by atoms with Gasteiger partial charge in [-0.15, -0.1) is 0 Å². The highest BCUT2D eigenvalue weighted by atomic mass is 16.5. The first kappa shape index (κ1) is 22.9. The molecule has 0 aliphatic carbocycles. The molecule has 2 rings (SSSR count). The number of aryl methyl sites for hydroxylation is 1. The molecular formula is C22H34N4O3. The van der Waals surface area contributed by atoms with E-state index in [4.69, 9.17) is 13.9 Å². The van der Waals surface area contributed by atoms with Crippen molar-refractivity contribution in [2.45, 2.75) is 40.2 Å². The van der Waals surface area contributed by atoms with E-state index in [0.717, 1.165) is 37.3 Å². The Balaban J connectivity index is 1.72. The number of benzene rings is 1. The van der Waals surface area contributed by atoms with E-state index in [2.05, 4.69) is 46.6 Å². The van der Waals surface area contributed by atoms with E-state index in [9.17, 15) is 0 Å². The molecule has 0 aliphatic heterocycles. The van der Waals surface area contributed by atoms with Gasteiger partial charge in [-0.1, -0.05) is 43.2 Å².